The van der Waals surface area contributed by atoms with Crippen molar-refractivity contribution in [2.75, 3.05) is 47.8 Å². The molecule has 2 amide bonds. The molecule has 0 radical (unpaired) electrons. The normalized spacial score (nSPS) is 22.1. The maximum absolute atomic E-state index is 12.6. The molecule has 4 heterocycles. The SMILES string of the molecule is Cn1c(C2CC2)nc2c(N3CC[C@H](NC(=O)OC(C)(C)C)C3)c(NCCC3CC3c3nc4c(N5CC[C@H](NC(=O)OC(C)(C)C)C5)c([N+](=O)[O-])ccc4n3C)ccc21. The number of ether oxygens (including phenoxy) is 2. The van der Waals surface area contributed by atoms with Crippen molar-refractivity contribution in [3.8, 4) is 0 Å². The van der Waals surface area contributed by atoms with Crippen LogP contribution in [-0.2, 0) is 23.6 Å². The molecular formula is C42H58N10O6. The number of amides is 2. The standard InChI is InChI=1S/C42H58N10O6/c1-41(2,3)57-39(53)44-26-16-19-50(22-26)35-29(11-12-30-33(35)46-37(48(30)7)24-9-10-24)43-18-15-25-21-28(25)38-47-34-31(49(38)8)13-14-32(52(55)56)36(34)51-20-17-27(23-51)45-40(54)58-42(4,5)6/h11-14,24-28,43H,9-10,15-23H2,1-8H3,(H,44,53)(H,45,54)/t25?,26-,27-,28?/m0/s1. The van der Waals surface area contributed by atoms with E-state index >= 15 is 0 Å². The van der Waals surface area contributed by atoms with Crippen molar-refractivity contribution in [2.24, 2.45) is 20.0 Å². The molecule has 2 unspecified atom stereocenters. The largest absolute Gasteiger partial charge is 0.444 e. The van der Waals surface area contributed by atoms with Gasteiger partial charge in [0.1, 0.15) is 39.6 Å². The summed E-state index contributed by atoms with van der Waals surface area (Å²) in [7, 11) is 4.11. The molecule has 8 rings (SSSR count). The second-order valence-corrected chi connectivity index (χ2v) is 18.7. The molecule has 16 heteroatoms. The van der Waals surface area contributed by atoms with Crippen molar-refractivity contribution in [3.63, 3.8) is 0 Å². The Labute approximate surface area is 339 Å². The minimum atomic E-state index is -0.619. The molecule has 2 aromatic carbocycles. The van der Waals surface area contributed by atoms with Gasteiger partial charge in [-0.15, -0.1) is 0 Å². The van der Waals surface area contributed by atoms with E-state index in [0.29, 0.717) is 49.1 Å². The number of rotatable bonds is 11. The van der Waals surface area contributed by atoms with Gasteiger partial charge in [0.2, 0.25) is 0 Å². The van der Waals surface area contributed by atoms with E-state index in [-0.39, 0.29) is 28.6 Å². The number of alkyl carbamates (subject to hydrolysis) is 2. The number of imidazole rings is 2. The lowest BCUT2D eigenvalue weighted by Crippen LogP contribution is -2.40. The van der Waals surface area contributed by atoms with E-state index in [1.165, 1.54) is 12.8 Å². The molecule has 312 valence electrons. The van der Waals surface area contributed by atoms with Gasteiger partial charge >= 0.3 is 12.2 Å². The highest BCUT2D eigenvalue weighted by Crippen LogP contribution is 2.51. The van der Waals surface area contributed by atoms with E-state index in [2.05, 4.69) is 49.2 Å². The predicted molar refractivity (Wildman–Crippen MR) is 224 cm³/mol. The Morgan fingerprint density at radius 1 is 0.793 bits per heavy atom. The van der Waals surface area contributed by atoms with Gasteiger partial charge in [-0.25, -0.2) is 19.6 Å². The fourth-order valence-electron chi connectivity index (χ4n) is 8.86. The van der Waals surface area contributed by atoms with Crippen LogP contribution in [0.5, 0.6) is 0 Å². The highest BCUT2D eigenvalue weighted by atomic mass is 16.6. The minimum Gasteiger partial charge on any atom is -0.444 e. The van der Waals surface area contributed by atoms with E-state index < -0.39 is 23.4 Å². The first-order valence-corrected chi connectivity index (χ1v) is 20.8. The van der Waals surface area contributed by atoms with Crippen LogP contribution in [-0.4, -0.2) is 92.2 Å². The summed E-state index contributed by atoms with van der Waals surface area (Å²) < 4.78 is 15.3. The van der Waals surface area contributed by atoms with Crippen LogP contribution in [0.2, 0.25) is 0 Å². The zero-order valence-corrected chi connectivity index (χ0v) is 35.1. The van der Waals surface area contributed by atoms with Gasteiger partial charge in [0.25, 0.3) is 5.69 Å². The van der Waals surface area contributed by atoms with Gasteiger partial charge in [-0.05, 0) is 104 Å². The molecule has 2 saturated heterocycles. The van der Waals surface area contributed by atoms with Crippen LogP contribution >= 0.6 is 0 Å². The van der Waals surface area contributed by atoms with Crippen LogP contribution in [0.1, 0.15) is 104 Å². The summed E-state index contributed by atoms with van der Waals surface area (Å²) in [4.78, 5) is 51.8. The molecule has 4 fully saturated rings. The molecule has 4 atom stereocenters. The Morgan fingerprint density at radius 2 is 1.33 bits per heavy atom. The Kier molecular flexibility index (Phi) is 10.1. The van der Waals surface area contributed by atoms with Crippen LogP contribution in [0.25, 0.3) is 22.1 Å². The fourth-order valence-corrected chi connectivity index (χ4v) is 8.86. The molecule has 4 aliphatic rings. The van der Waals surface area contributed by atoms with Gasteiger partial charge in [-0.3, -0.25) is 10.1 Å². The van der Waals surface area contributed by atoms with Gasteiger partial charge < -0.3 is 44.4 Å². The number of fused-ring (bicyclic) bond motifs is 2. The number of aryl methyl sites for hydroxylation is 2. The zero-order chi connectivity index (χ0) is 41.3. The number of nitrogens with zero attached hydrogens (tertiary/aromatic N) is 7. The Balaban J connectivity index is 0.970. The van der Waals surface area contributed by atoms with Gasteiger partial charge in [0.15, 0.2) is 0 Å². The molecule has 2 aliphatic carbocycles. The van der Waals surface area contributed by atoms with Crippen LogP contribution in [0, 0.1) is 16.0 Å². The van der Waals surface area contributed by atoms with Crippen molar-refractivity contribution in [3.05, 3.63) is 46.0 Å². The van der Waals surface area contributed by atoms with Crippen molar-refractivity contribution >= 4 is 57.0 Å². The predicted octanol–water partition coefficient (Wildman–Crippen LogP) is 7.06. The molecular weight excluding hydrogens is 741 g/mol. The molecule has 2 saturated carbocycles. The van der Waals surface area contributed by atoms with Crippen LogP contribution in [0.3, 0.4) is 0 Å². The molecule has 4 aromatic rings. The zero-order valence-electron chi connectivity index (χ0n) is 35.1. The average Bonchev–Trinajstić information content (AvgIpc) is 3.92. The van der Waals surface area contributed by atoms with Crippen LogP contribution in [0.4, 0.5) is 32.3 Å². The lowest BCUT2D eigenvalue weighted by molar-refractivity contribution is -0.384. The molecule has 3 N–H and O–H groups in total. The number of nitro benzene ring substituents is 1. The van der Waals surface area contributed by atoms with Crippen molar-refractivity contribution in [1.82, 2.24) is 29.7 Å². The third-order valence-corrected chi connectivity index (χ3v) is 11.8. The Hall–Kier alpha value is -5.28. The summed E-state index contributed by atoms with van der Waals surface area (Å²) in [6, 6.07) is 7.47. The summed E-state index contributed by atoms with van der Waals surface area (Å²) in [5.41, 5.74) is 5.03. The summed E-state index contributed by atoms with van der Waals surface area (Å²) in [6.45, 7) is 14.3. The number of carbonyl (C=O) groups is 2. The van der Waals surface area contributed by atoms with Gasteiger partial charge in [0, 0.05) is 64.7 Å². The van der Waals surface area contributed by atoms with Gasteiger partial charge in [-0.2, -0.15) is 0 Å². The molecule has 16 nitrogen and oxygen atoms in total. The summed E-state index contributed by atoms with van der Waals surface area (Å²) >= 11 is 0. The lowest BCUT2D eigenvalue weighted by atomic mass is 10.2. The minimum absolute atomic E-state index is 0.0153. The third kappa shape index (κ3) is 8.19. The molecule has 0 bridgehead atoms. The summed E-state index contributed by atoms with van der Waals surface area (Å²) in [5.74, 6) is 3.23. The quantitative estimate of drug-likeness (QED) is 0.105. The second-order valence-electron chi connectivity index (χ2n) is 18.7. The third-order valence-electron chi connectivity index (χ3n) is 11.8. The average molecular weight is 799 g/mol. The van der Waals surface area contributed by atoms with Crippen molar-refractivity contribution in [1.29, 1.82) is 0 Å². The lowest BCUT2D eigenvalue weighted by Gasteiger charge is -2.24. The van der Waals surface area contributed by atoms with Crippen molar-refractivity contribution < 1.29 is 24.0 Å². The van der Waals surface area contributed by atoms with Crippen LogP contribution in [0.15, 0.2) is 24.3 Å². The Bertz CT molecular complexity index is 2250. The second kappa shape index (κ2) is 14.8. The van der Waals surface area contributed by atoms with E-state index in [1.807, 2.05) is 53.5 Å². The van der Waals surface area contributed by atoms with E-state index in [1.54, 1.807) is 12.1 Å². The first kappa shape index (κ1) is 39.5. The monoisotopic (exact) mass is 798 g/mol. The first-order valence-electron chi connectivity index (χ1n) is 20.8. The number of benzene rings is 2. The number of nitrogens with one attached hydrogen (secondary N) is 3. The maximum atomic E-state index is 12.6. The van der Waals surface area contributed by atoms with E-state index in [9.17, 15) is 19.7 Å². The summed E-state index contributed by atoms with van der Waals surface area (Å²) in [6.07, 6.45) is 4.83. The Morgan fingerprint density at radius 3 is 1.90 bits per heavy atom. The highest BCUT2D eigenvalue weighted by Gasteiger charge is 2.42. The number of aromatic nitrogens is 4. The number of carbonyl (C=O) groups excluding carboxylic acids is 2. The molecule has 2 aliphatic heterocycles. The van der Waals surface area contributed by atoms with E-state index in [4.69, 9.17) is 19.4 Å². The fraction of sp³-hybridized carbons (Fsp3) is 0.619. The molecule has 58 heavy (non-hydrogen) atoms. The maximum Gasteiger partial charge on any atom is 0.407 e. The van der Waals surface area contributed by atoms with Gasteiger partial charge in [-0.1, -0.05) is 0 Å². The topological polar surface area (TPSA) is 174 Å². The van der Waals surface area contributed by atoms with Gasteiger partial charge in [0.05, 0.1) is 39.4 Å². The van der Waals surface area contributed by atoms with Crippen LogP contribution < -0.4 is 25.8 Å². The smallest absolute Gasteiger partial charge is 0.407 e. The van der Waals surface area contributed by atoms with E-state index in [0.717, 1.165) is 71.9 Å². The molecule has 2 aromatic heterocycles. The van der Waals surface area contributed by atoms with Crippen molar-refractivity contribution in [2.45, 2.75) is 115 Å². The first-order chi connectivity index (χ1) is 27.4. The number of hydrogen-bond acceptors (Lipinski definition) is 11. The number of nitro groups is 1. The molecule has 0 spiro atoms. The number of hydrogen-bond donors (Lipinski definition) is 3. The highest BCUT2D eigenvalue weighted by molar-refractivity contribution is 5.98. The number of anilines is 3. The summed E-state index contributed by atoms with van der Waals surface area (Å²) in [5, 5.41) is 22.1.